The van der Waals surface area contributed by atoms with Crippen molar-refractivity contribution in [2.75, 3.05) is 16.1 Å². The summed E-state index contributed by atoms with van der Waals surface area (Å²) in [5, 5.41) is 22.1. The minimum Gasteiger partial charge on any atom is -0.324 e. The molecule has 0 fully saturated rings. The van der Waals surface area contributed by atoms with Gasteiger partial charge in [0.25, 0.3) is 5.69 Å². The van der Waals surface area contributed by atoms with Crippen molar-refractivity contribution in [1.82, 2.24) is 15.0 Å². The van der Waals surface area contributed by atoms with E-state index < -0.39 is 4.92 Å². The molecule has 4 aromatic rings. The van der Waals surface area contributed by atoms with Gasteiger partial charge >= 0.3 is 0 Å². The van der Waals surface area contributed by atoms with E-state index in [0.717, 1.165) is 11.3 Å². The summed E-state index contributed by atoms with van der Waals surface area (Å²) in [5.41, 5.74) is 5.81. The smallest absolute Gasteiger partial charge is 0.269 e. The predicted molar refractivity (Wildman–Crippen MR) is 133 cm³/mol. The number of nitro benzene ring substituents is 1. The van der Waals surface area contributed by atoms with Crippen molar-refractivity contribution < 1.29 is 4.92 Å². The van der Waals surface area contributed by atoms with Crippen LogP contribution < -0.4 is 16.1 Å². The zero-order valence-corrected chi connectivity index (χ0v) is 18.7. The van der Waals surface area contributed by atoms with Crippen molar-refractivity contribution in [3.63, 3.8) is 0 Å². The number of halogens is 1. The quantitative estimate of drug-likeness (QED) is 0.167. The van der Waals surface area contributed by atoms with Gasteiger partial charge < -0.3 is 10.6 Å². The highest BCUT2D eigenvalue weighted by Gasteiger charge is 2.09. The van der Waals surface area contributed by atoms with Crippen LogP contribution in [0.15, 0.2) is 84.0 Å². The maximum absolute atomic E-state index is 10.9. The summed E-state index contributed by atoms with van der Waals surface area (Å²) in [7, 11) is 0. The van der Waals surface area contributed by atoms with E-state index in [1.807, 2.05) is 49.4 Å². The Labute approximate surface area is 199 Å². The third-order valence-corrected chi connectivity index (χ3v) is 4.84. The second kappa shape index (κ2) is 10.4. The fraction of sp³-hybridized carbons (Fsp3) is 0.0435. The zero-order valence-electron chi connectivity index (χ0n) is 17.9. The molecule has 3 aromatic carbocycles. The molecule has 0 saturated carbocycles. The molecule has 34 heavy (non-hydrogen) atoms. The third-order valence-electron chi connectivity index (χ3n) is 4.59. The highest BCUT2D eigenvalue weighted by molar-refractivity contribution is 6.30. The molecule has 0 aliphatic rings. The van der Waals surface area contributed by atoms with Gasteiger partial charge in [-0.05, 0) is 48.9 Å². The molecule has 0 aliphatic heterocycles. The number of nitro groups is 1. The SMILES string of the molecule is C/C(=N\Nc1nc(Nc2ccccc2)nc(Nc2ccc([N+](=O)[O-])cc2)n1)c1ccc(Cl)cc1. The van der Waals surface area contributed by atoms with Crippen LogP contribution in [0.25, 0.3) is 0 Å². The first-order valence-corrected chi connectivity index (χ1v) is 10.5. The summed E-state index contributed by atoms with van der Waals surface area (Å²) in [6, 6.07) is 22.7. The van der Waals surface area contributed by atoms with Gasteiger partial charge in [0.05, 0.1) is 10.6 Å². The highest BCUT2D eigenvalue weighted by atomic mass is 35.5. The van der Waals surface area contributed by atoms with Crippen molar-refractivity contribution in [2.45, 2.75) is 6.92 Å². The minimum absolute atomic E-state index is 0.0120. The molecule has 0 atom stereocenters. The number of hydrazone groups is 1. The molecule has 1 aromatic heterocycles. The van der Waals surface area contributed by atoms with Gasteiger partial charge in [0.1, 0.15) is 0 Å². The Morgan fingerprint density at radius 3 is 1.97 bits per heavy atom. The lowest BCUT2D eigenvalue weighted by Gasteiger charge is -2.10. The Kier molecular flexibility index (Phi) is 6.89. The number of anilines is 5. The first kappa shape index (κ1) is 22.6. The maximum atomic E-state index is 10.9. The lowest BCUT2D eigenvalue weighted by molar-refractivity contribution is -0.384. The van der Waals surface area contributed by atoms with Crippen molar-refractivity contribution in [3.8, 4) is 0 Å². The normalized spacial score (nSPS) is 11.1. The van der Waals surface area contributed by atoms with Crippen LogP contribution >= 0.6 is 11.6 Å². The topological polar surface area (TPSA) is 130 Å². The summed E-state index contributed by atoms with van der Waals surface area (Å²) in [5.74, 6) is 0.711. The van der Waals surface area contributed by atoms with Crippen LogP contribution in [0, 0.1) is 10.1 Å². The number of hydrogen-bond donors (Lipinski definition) is 3. The van der Waals surface area contributed by atoms with Crippen LogP contribution in [0.1, 0.15) is 12.5 Å². The van der Waals surface area contributed by atoms with E-state index in [9.17, 15) is 10.1 Å². The van der Waals surface area contributed by atoms with Crippen molar-refractivity contribution in [1.29, 1.82) is 0 Å². The van der Waals surface area contributed by atoms with E-state index in [4.69, 9.17) is 11.6 Å². The first-order chi connectivity index (χ1) is 16.5. The lowest BCUT2D eigenvalue weighted by atomic mass is 10.1. The summed E-state index contributed by atoms with van der Waals surface area (Å²) in [4.78, 5) is 23.6. The van der Waals surface area contributed by atoms with E-state index in [1.54, 1.807) is 24.3 Å². The molecule has 1 heterocycles. The number of aromatic nitrogens is 3. The van der Waals surface area contributed by atoms with Gasteiger partial charge in [-0.2, -0.15) is 20.1 Å². The van der Waals surface area contributed by atoms with E-state index in [2.05, 4.69) is 36.1 Å². The molecular weight excluding hydrogens is 456 g/mol. The fourth-order valence-corrected chi connectivity index (χ4v) is 3.00. The van der Waals surface area contributed by atoms with Crippen LogP contribution in [-0.2, 0) is 0 Å². The number of non-ortho nitro benzene ring substituents is 1. The molecule has 0 aliphatic carbocycles. The number of nitrogens with one attached hydrogen (secondary N) is 3. The summed E-state index contributed by atoms with van der Waals surface area (Å²) in [6.07, 6.45) is 0. The molecule has 0 radical (unpaired) electrons. The molecule has 10 nitrogen and oxygen atoms in total. The Morgan fingerprint density at radius 2 is 1.38 bits per heavy atom. The Hall–Kier alpha value is -4.57. The summed E-state index contributed by atoms with van der Waals surface area (Å²) in [6.45, 7) is 1.84. The van der Waals surface area contributed by atoms with Crippen LogP contribution in [0.3, 0.4) is 0 Å². The highest BCUT2D eigenvalue weighted by Crippen LogP contribution is 2.21. The van der Waals surface area contributed by atoms with Gasteiger partial charge in [0.2, 0.25) is 17.8 Å². The monoisotopic (exact) mass is 474 g/mol. The summed E-state index contributed by atoms with van der Waals surface area (Å²) < 4.78 is 0. The van der Waals surface area contributed by atoms with E-state index in [0.29, 0.717) is 16.4 Å². The standard InChI is InChI=1S/C23H19ClN8O2/c1-15(16-7-9-17(24)10-8-16)30-31-23-28-21(25-18-5-3-2-4-6-18)27-22(29-23)26-19-11-13-20(14-12-19)32(33)34/h2-14H,1H3,(H3,25,26,27,28,29,31)/b30-15+. The summed E-state index contributed by atoms with van der Waals surface area (Å²) >= 11 is 5.95. The second-order valence-electron chi connectivity index (χ2n) is 7.04. The number of hydrogen-bond acceptors (Lipinski definition) is 9. The van der Waals surface area contributed by atoms with Crippen LogP contribution in [0.5, 0.6) is 0 Å². The molecular formula is C23H19ClN8O2. The van der Waals surface area contributed by atoms with Crippen LogP contribution in [-0.4, -0.2) is 25.6 Å². The lowest BCUT2D eigenvalue weighted by Crippen LogP contribution is -2.08. The Bertz CT molecular complexity index is 1310. The number of nitrogens with zero attached hydrogens (tertiary/aromatic N) is 5. The van der Waals surface area contributed by atoms with Crippen molar-refractivity contribution in [3.05, 3.63) is 99.6 Å². The van der Waals surface area contributed by atoms with Crippen molar-refractivity contribution >= 4 is 52.2 Å². The average Bonchev–Trinajstić information content (AvgIpc) is 2.84. The third kappa shape index (κ3) is 6.02. The van der Waals surface area contributed by atoms with Crippen LogP contribution in [0.2, 0.25) is 5.02 Å². The van der Waals surface area contributed by atoms with Gasteiger partial charge in [0, 0.05) is 28.5 Å². The molecule has 11 heteroatoms. The maximum Gasteiger partial charge on any atom is 0.269 e. The Morgan fingerprint density at radius 1 is 0.824 bits per heavy atom. The number of rotatable bonds is 8. The second-order valence-corrected chi connectivity index (χ2v) is 7.48. The Balaban J connectivity index is 1.60. The number of benzene rings is 3. The van der Waals surface area contributed by atoms with E-state index in [-0.39, 0.29) is 23.5 Å². The molecule has 0 unspecified atom stereocenters. The molecule has 0 bridgehead atoms. The minimum atomic E-state index is -0.461. The van der Waals surface area contributed by atoms with E-state index in [1.165, 1.54) is 12.1 Å². The molecule has 170 valence electrons. The van der Waals surface area contributed by atoms with Gasteiger partial charge in [-0.1, -0.05) is 41.9 Å². The molecule has 3 N–H and O–H groups in total. The van der Waals surface area contributed by atoms with Gasteiger partial charge in [-0.3, -0.25) is 10.1 Å². The van der Waals surface area contributed by atoms with E-state index >= 15 is 0 Å². The van der Waals surface area contributed by atoms with Crippen molar-refractivity contribution in [2.24, 2.45) is 5.10 Å². The van der Waals surface area contributed by atoms with Gasteiger partial charge in [0.15, 0.2) is 0 Å². The average molecular weight is 475 g/mol. The molecule has 0 amide bonds. The molecule has 0 spiro atoms. The van der Waals surface area contributed by atoms with Gasteiger partial charge in [-0.25, -0.2) is 5.43 Å². The van der Waals surface area contributed by atoms with Crippen LogP contribution in [0.4, 0.5) is 34.9 Å². The molecule has 4 rings (SSSR count). The molecule has 0 saturated heterocycles. The first-order valence-electron chi connectivity index (χ1n) is 10.1. The zero-order chi connectivity index (χ0) is 23.9. The predicted octanol–water partition coefficient (Wildman–Crippen LogP) is 5.76. The van der Waals surface area contributed by atoms with Gasteiger partial charge in [-0.15, -0.1) is 0 Å². The number of para-hydroxylation sites is 1. The fourth-order valence-electron chi connectivity index (χ4n) is 2.87. The largest absolute Gasteiger partial charge is 0.324 e.